The summed E-state index contributed by atoms with van der Waals surface area (Å²) in [4.78, 5) is 2.27. The lowest BCUT2D eigenvalue weighted by atomic mass is 10.1. The summed E-state index contributed by atoms with van der Waals surface area (Å²) in [6.07, 6.45) is 5.45. The lowest BCUT2D eigenvalue weighted by molar-refractivity contribution is 0.290. The summed E-state index contributed by atoms with van der Waals surface area (Å²) in [5.41, 5.74) is 2.59. The molecule has 0 aromatic heterocycles. The Labute approximate surface area is 109 Å². The van der Waals surface area contributed by atoms with Crippen LogP contribution in [-0.2, 0) is 13.1 Å². The number of hydrogen-bond donors (Lipinski definition) is 0. The Morgan fingerprint density at radius 1 is 0.778 bits per heavy atom. The zero-order valence-corrected chi connectivity index (χ0v) is 10.4. The molecule has 0 saturated heterocycles. The molecule has 0 aliphatic carbocycles. The van der Waals surface area contributed by atoms with Gasteiger partial charge in [0.25, 0.3) is 0 Å². The summed E-state index contributed by atoms with van der Waals surface area (Å²) in [7, 11) is 0. The first-order valence-electron chi connectivity index (χ1n) is 6.12. The van der Waals surface area contributed by atoms with Gasteiger partial charge in [-0.2, -0.15) is 0 Å². The van der Waals surface area contributed by atoms with E-state index in [1.54, 1.807) is 0 Å². The monoisotopic (exact) mass is 235 g/mol. The quantitative estimate of drug-likeness (QED) is 0.719. The molecular formula is C17H17N. The fraction of sp³-hybridized carbons (Fsp3) is 0.176. The van der Waals surface area contributed by atoms with Crippen LogP contribution >= 0.6 is 0 Å². The predicted octanol–water partition coefficient (Wildman–Crippen LogP) is 3.32. The highest BCUT2D eigenvalue weighted by Gasteiger charge is 2.05. The van der Waals surface area contributed by atoms with Gasteiger partial charge in [0.2, 0.25) is 0 Å². The van der Waals surface area contributed by atoms with Gasteiger partial charge in [-0.25, -0.2) is 0 Å². The molecule has 0 heterocycles. The van der Waals surface area contributed by atoms with Crippen LogP contribution in [0.2, 0.25) is 0 Å². The molecule has 2 rings (SSSR count). The minimum atomic E-state index is 0.670. The molecule has 0 amide bonds. The van der Waals surface area contributed by atoms with E-state index in [0.717, 1.165) is 13.1 Å². The summed E-state index contributed by atoms with van der Waals surface area (Å²) in [5.74, 6) is 2.73. The SMILES string of the molecule is C#CCN(Cc1ccccc1)Cc1ccccc1. The molecule has 0 fully saturated rings. The van der Waals surface area contributed by atoms with Crippen molar-refractivity contribution in [3.63, 3.8) is 0 Å². The smallest absolute Gasteiger partial charge is 0.0605 e. The largest absolute Gasteiger partial charge is 0.284 e. The van der Waals surface area contributed by atoms with E-state index < -0.39 is 0 Å². The average molecular weight is 235 g/mol. The zero-order valence-electron chi connectivity index (χ0n) is 10.4. The van der Waals surface area contributed by atoms with E-state index in [1.807, 2.05) is 12.1 Å². The maximum atomic E-state index is 5.45. The van der Waals surface area contributed by atoms with E-state index in [1.165, 1.54) is 11.1 Å². The first-order valence-corrected chi connectivity index (χ1v) is 6.12. The summed E-state index contributed by atoms with van der Waals surface area (Å²) in [6, 6.07) is 20.8. The van der Waals surface area contributed by atoms with Crippen molar-refractivity contribution in [3.8, 4) is 12.3 Å². The van der Waals surface area contributed by atoms with E-state index in [9.17, 15) is 0 Å². The van der Waals surface area contributed by atoms with Gasteiger partial charge in [0.15, 0.2) is 0 Å². The highest BCUT2D eigenvalue weighted by Crippen LogP contribution is 2.09. The first-order chi connectivity index (χ1) is 8.88. The second kappa shape index (κ2) is 6.64. The average Bonchev–Trinajstić information content (AvgIpc) is 2.41. The first kappa shape index (κ1) is 12.4. The third kappa shape index (κ3) is 3.76. The molecule has 2 aromatic rings. The number of hydrogen-bond acceptors (Lipinski definition) is 1. The van der Waals surface area contributed by atoms with E-state index in [4.69, 9.17) is 6.42 Å². The van der Waals surface area contributed by atoms with E-state index in [0.29, 0.717) is 6.54 Å². The molecule has 0 N–H and O–H groups in total. The topological polar surface area (TPSA) is 3.24 Å². The highest BCUT2D eigenvalue weighted by atomic mass is 15.1. The van der Waals surface area contributed by atoms with Crippen LogP contribution in [0.1, 0.15) is 11.1 Å². The Hall–Kier alpha value is -2.04. The van der Waals surface area contributed by atoms with Gasteiger partial charge in [-0.3, -0.25) is 4.90 Å². The van der Waals surface area contributed by atoms with E-state index >= 15 is 0 Å². The lowest BCUT2D eigenvalue weighted by Crippen LogP contribution is -2.23. The summed E-state index contributed by atoms with van der Waals surface area (Å²) in [5, 5.41) is 0. The molecular weight excluding hydrogens is 218 g/mol. The molecule has 18 heavy (non-hydrogen) atoms. The van der Waals surface area contributed by atoms with Crippen molar-refractivity contribution in [3.05, 3.63) is 71.8 Å². The number of benzene rings is 2. The van der Waals surface area contributed by atoms with Gasteiger partial charge in [-0.15, -0.1) is 6.42 Å². The van der Waals surface area contributed by atoms with Crippen LogP contribution in [0, 0.1) is 12.3 Å². The lowest BCUT2D eigenvalue weighted by Gasteiger charge is -2.19. The molecule has 0 unspecified atom stereocenters. The molecule has 0 bridgehead atoms. The fourth-order valence-corrected chi connectivity index (χ4v) is 1.98. The van der Waals surface area contributed by atoms with Gasteiger partial charge in [-0.05, 0) is 11.1 Å². The maximum Gasteiger partial charge on any atom is 0.0605 e. The normalized spacial score (nSPS) is 10.2. The summed E-state index contributed by atoms with van der Waals surface area (Å²) < 4.78 is 0. The Morgan fingerprint density at radius 2 is 1.22 bits per heavy atom. The molecule has 0 saturated carbocycles. The van der Waals surface area contributed by atoms with Crippen LogP contribution in [0.15, 0.2) is 60.7 Å². The van der Waals surface area contributed by atoms with Gasteiger partial charge in [0, 0.05) is 13.1 Å². The van der Waals surface area contributed by atoms with Crippen molar-refractivity contribution in [2.75, 3.05) is 6.54 Å². The maximum absolute atomic E-state index is 5.45. The van der Waals surface area contributed by atoms with Crippen molar-refractivity contribution < 1.29 is 0 Å². The van der Waals surface area contributed by atoms with E-state index in [2.05, 4.69) is 59.4 Å². The van der Waals surface area contributed by atoms with Crippen molar-refractivity contribution in [2.45, 2.75) is 13.1 Å². The van der Waals surface area contributed by atoms with Crippen LogP contribution in [0.4, 0.5) is 0 Å². The molecule has 0 radical (unpaired) electrons. The number of rotatable bonds is 5. The number of nitrogens with zero attached hydrogens (tertiary/aromatic N) is 1. The molecule has 2 aromatic carbocycles. The minimum Gasteiger partial charge on any atom is -0.284 e. The molecule has 0 atom stereocenters. The Balaban J connectivity index is 2.03. The predicted molar refractivity (Wildman–Crippen MR) is 75.8 cm³/mol. The second-order valence-corrected chi connectivity index (χ2v) is 4.32. The van der Waals surface area contributed by atoms with Gasteiger partial charge in [0.1, 0.15) is 0 Å². The molecule has 0 aliphatic heterocycles. The Morgan fingerprint density at radius 3 is 1.61 bits per heavy atom. The molecule has 90 valence electrons. The highest BCUT2D eigenvalue weighted by molar-refractivity contribution is 5.17. The third-order valence-corrected chi connectivity index (χ3v) is 2.81. The molecule has 1 heteroatoms. The molecule has 0 spiro atoms. The van der Waals surface area contributed by atoms with Crippen LogP contribution in [0.3, 0.4) is 0 Å². The van der Waals surface area contributed by atoms with Crippen molar-refractivity contribution in [1.82, 2.24) is 4.90 Å². The van der Waals surface area contributed by atoms with Crippen LogP contribution < -0.4 is 0 Å². The Bertz CT molecular complexity index is 455. The molecule has 0 aliphatic rings. The van der Waals surface area contributed by atoms with Crippen LogP contribution in [-0.4, -0.2) is 11.4 Å². The van der Waals surface area contributed by atoms with Crippen molar-refractivity contribution >= 4 is 0 Å². The second-order valence-electron chi connectivity index (χ2n) is 4.32. The van der Waals surface area contributed by atoms with Crippen LogP contribution in [0.25, 0.3) is 0 Å². The summed E-state index contributed by atoms with van der Waals surface area (Å²) in [6.45, 7) is 2.45. The van der Waals surface area contributed by atoms with Gasteiger partial charge in [0.05, 0.1) is 6.54 Å². The summed E-state index contributed by atoms with van der Waals surface area (Å²) >= 11 is 0. The van der Waals surface area contributed by atoms with Gasteiger partial charge in [-0.1, -0.05) is 66.6 Å². The zero-order chi connectivity index (χ0) is 12.6. The van der Waals surface area contributed by atoms with E-state index in [-0.39, 0.29) is 0 Å². The Kier molecular flexibility index (Phi) is 4.58. The number of terminal acetylenes is 1. The van der Waals surface area contributed by atoms with Crippen molar-refractivity contribution in [2.24, 2.45) is 0 Å². The van der Waals surface area contributed by atoms with Gasteiger partial charge < -0.3 is 0 Å². The van der Waals surface area contributed by atoms with Crippen molar-refractivity contribution in [1.29, 1.82) is 0 Å². The fourth-order valence-electron chi connectivity index (χ4n) is 1.98. The third-order valence-electron chi connectivity index (χ3n) is 2.81. The standard InChI is InChI=1S/C17H17N/c1-2-13-18(14-16-9-5-3-6-10-16)15-17-11-7-4-8-12-17/h1,3-12H,13-15H2. The van der Waals surface area contributed by atoms with Crippen LogP contribution in [0.5, 0.6) is 0 Å². The molecule has 1 nitrogen and oxygen atoms in total. The van der Waals surface area contributed by atoms with Gasteiger partial charge >= 0.3 is 0 Å². The minimum absolute atomic E-state index is 0.670.